The number of likely N-dealkylation sites (tertiary alicyclic amines) is 1. The number of carbonyl (C=O) groups is 1. The number of ether oxygens (including phenoxy) is 1. The van der Waals surface area contributed by atoms with Crippen LogP contribution in [-0.4, -0.2) is 91.7 Å². The number of carbonyl (C=O) groups excluding carboxylic acids is 1. The fourth-order valence-corrected chi connectivity index (χ4v) is 5.95. The molecule has 3 aromatic rings. The molecular formula is C30H36F3N5O5S. The molecule has 0 radical (unpaired) electrons. The van der Waals surface area contributed by atoms with E-state index in [4.69, 9.17) is 4.74 Å². The maximum atomic E-state index is 13.5. The fraction of sp³-hybridized carbons (Fsp3) is 0.467. The first-order valence-electron chi connectivity index (χ1n) is 14.0. The minimum absolute atomic E-state index is 0.0491. The van der Waals surface area contributed by atoms with E-state index in [2.05, 4.69) is 32.4 Å². The average molecular weight is 636 g/mol. The Kier molecular flexibility index (Phi) is 10.1. The molecule has 1 aliphatic rings. The molecule has 3 atom stereocenters. The molecule has 0 bridgehead atoms. The summed E-state index contributed by atoms with van der Waals surface area (Å²) in [5.74, 6) is 5.80. The zero-order valence-electron chi connectivity index (χ0n) is 24.9. The SMILES string of the molecule is COc1ccc(S(C)(=O)=O)cc1NCC#Cc1cc(C(=O)N[C@H]2CCN(C[C@H](C)O)C[C@@H]2C)c2ncn(CC(F)(F)F)c2c1. The van der Waals surface area contributed by atoms with E-state index in [9.17, 15) is 31.5 Å². The van der Waals surface area contributed by atoms with Crippen molar-refractivity contribution in [2.75, 3.05) is 44.9 Å². The number of hydrogen-bond acceptors (Lipinski definition) is 8. The van der Waals surface area contributed by atoms with Crippen LogP contribution in [0.1, 0.15) is 36.2 Å². The standard InChI is InChI=1S/C30H36F3N5O5S/c1-19-15-37(16-20(2)39)11-9-24(19)36-29(40)23-12-21(13-26-28(23)35-18-38(26)17-30(31,32)33)6-5-10-34-25-14-22(44(4,41)42)7-8-27(25)43-3/h7-8,12-14,18-20,24,34,39H,9-11,15-17H2,1-4H3,(H,36,40)/t19-,20-,24-/m0/s1. The molecule has 3 N–H and O–H groups in total. The highest BCUT2D eigenvalue weighted by molar-refractivity contribution is 7.90. The van der Waals surface area contributed by atoms with Crippen molar-refractivity contribution in [3.63, 3.8) is 0 Å². The number of methoxy groups -OCH3 is 1. The molecule has 14 heteroatoms. The van der Waals surface area contributed by atoms with Gasteiger partial charge in [0.25, 0.3) is 5.91 Å². The van der Waals surface area contributed by atoms with Gasteiger partial charge in [-0.15, -0.1) is 0 Å². The number of anilines is 1. The van der Waals surface area contributed by atoms with Gasteiger partial charge in [0.05, 0.1) is 47.7 Å². The predicted octanol–water partition coefficient (Wildman–Crippen LogP) is 3.30. The number of benzene rings is 2. The van der Waals surface area contributed by atoms with Crippen LogP contribution in [0.5, 0.6) is 5.75 Å². The molecule has 0 aliphatic carbocycles. The number of hydrogen-bond donors (Lipinski definition) is 3. The first-order chi connectivity index (χ1) is 20.6. The van der Waals surface area contributed by atoms with Gasteiger partial charge in [0, 0.05) is 37.5 Å². The van der Waals surface area contributed by atoms with Crippen LogP contribution in [0, 0.1) is 17.8 Å². The summed E-state index contributed by atoms with van der Waals surface area (Å²) in [6.45, 7) is 4.40. The van der Waals surface area contributed by atoms with Gasteiger partial charge >= 0.3 is 6.18 Å². The lowest BCUT2D eigenvalue weighted by atomic mass is 9.93. The molecule has 1 saturated heterocycles. The molecular weight excluding hydrogens is 599 g/mol. The summed E-state index contributed by atoms with van der Waals surface area (Å²) in [5, 5.41) is 15.8. The topological polar surface area (TPSA) is 126 Å². The number of amides is 1. The Labute approximate surface area is 254 Å². The van der Waals surface area contributed by atoms with Crippen molar-refractivity contribution in [2.45, 2.75) is 50.0 Å². The Morgan fingerprint density at radius 1 is 1.27 bits per heavy atom. The molecule has 1 amide bonds. The molecule has 2 aromatic carbocycles. The van der Waals surface area contributed by atoms with Crippen LogP contribution in [0.3, 0.4) is 0 Å². The number of β-amino-alcohol motifs (C(OH)–C–C–N with tert-alkyl or cyclic N) is 1. The molecule has 1 aromatic heterocycles. The van der Waals surface area contributed by atoms with Crippen molar-refractivity contribution >= 4 is 32.5 Å². The van der Waals surface area contributed by atoms with E-state index in [-0.39, 0.29) is 40.0 Å². The van der Waals surface area contributed by atoms with Crippen molar-refractivity contribution in [2.24, 2.45) is 5.92 Å². The van der Waals surface area contributed by atoms with Gasteiger partial charge in [0.15, 0.2) is 9.84 Å². The number of aliphatic hydroxyl groups excluding tert-OH is 1. The van der Waals surface area contributed by atoms with Gasteiger partial charge in [0.1, 0.15) is 17.8 Å². The highest BCUT2D eigenvalue weighted by Gasteiger charge is 2.31. The second-order valence-corrected chi connectivity index (χ2v) is 13.1. The maximum Gasteiger partial charge on any atom is 0.406 e. The summed E-state index contributed by atoms with van der Waals surface area (Å²) in [7, 11) is -2.02. The zero-order valence-corrected chi connectivity index (χ0v) is 25.7. The molecule has 10 nitrogen and oxygen atoms in total. The summed E-state index contributed by atoms with van der Waals surface area (Å²) in [5.41, 5.74) is 1.08. The van der Waals surface area contributed by atoms with Crippen LogP contribution in [0.4, 0.5) is 18.9 Å². The number of halogens is 3. The van der Waals surface area contributed by atoms with E-state index in [1.807, 2.05) is 6.92 Å². The van der Waals surface area contributed by atoms with E-state index in [1.54, 1.807) is 6.92 Å². The lowest BCUT2D eigenvalue weighted by Crippen LogP contribution is -2.51. The first kappa shape index (κ1) is 33.1. The van der Waals surface area contributed by atoms with Crippen molar-refractivity contribution in [1.29, 1.82) is 0 Å². The summed E-state index contributed by atoms with van der Waals surface area (Å²) < 4.78 is 70.1. The van der Waals surface area contributed by atoms with E-state index in [0.717, 1.165) is 17.2 Å². The van der Waals surface area contributed by atoms with E-state index >= 15 is 0 Å². The van der Waals surface area contributed by atoms with Crippen molar-refractivity contribution < 1.29 is 36.2 Å². The van der Waals surface area contributed by atoms with Gasteiger partial charge in [-0.2, -0.15) is 13.2 Å². The molecule has 238 valence electrons. The summed E-state index contributed by atoms with van der Waals surface area (Å²) in [6.07, 6.45) is -2.16. The predicted molar refractivity (Wildman–Crippen MR) is 160 cm³/mol. The van der Waals surface area contributed by atoms with Crippen LogP contribution in [0.25, 0.3) is 11.0 Å². The van der Waals surface area contributed by atoms with E-state index < -0.39 is 34.6 Å². The Morgan fingerprint density at radius 2 is 2.02 bits per heavy atom. The van der Waals surface area contributed by atoms with Crippen LogP contribution in [-0.2, 0) is 16.4 Å². The maximum absolute atomic E-state index is 13.5. The number of aromatic nitrogens is 2. The quantitative estimate of drug-likeness (QED) is 0.306. The van der Waals surface area contributed by atoms with Crippen molar-refractivity contribution in [3.05, 3.63) is 47.8 Å². The van der Waals surface area contributed by atoms with Gasteiger partial charge in [-0.3, -0.25) is 4.79 Å². The molecule has 2 heterocycles. The molecule has 1 aliphatic heterocycles. The van der Waals surface area contributed by atoms with E-state index in [0.29, 0.717) is 43.1 Å². The molecule has 1 fully saturated rings. The summed E-state index contributed by atoms with van der Waals surface area (Å²) >= 11 is 0. The minimum Gasteiger partial charge on any atom is -0.495 e. The minimum atomic E-state index is -4.50. The highest BCUT2D eigenvalue weighted by Crippen LogP contribution is 2.28. The summed E-state index contributed by atoms with van der Waals surface area (Å²) in [6, 6.07) is 7.17. The Hall–Kier alpha value is -3.80. The Bertz CT molecular complexity index is 1680. The van der Waals surface area contributed by atoms with Crippen molar-refractivity contribution in [3.8, 4) is 17.6 Å². The number of nitrogens with one attached hydrogen (secondary N) is 2. The fourth-order valence-electron chi connectivity index (χ4n) is 5.30. The molecule has 4 rings (SSSR count). The number of fused-ring (bicyclic) bond motifs is 1. The lowest BCUT2D eigenvalue weighted by molar-refractivity contribution is -0.139. The third-order valence-electron chi connectivity index (χ3n) is 7.35. The van der Waals surface area contributed by atoms with Gasteiger partial charge in [-0.1, -0.05) is 18.8 Å². The number of rotatable bonds is 9. The third kappa shape index (κ3) is 8.43. The third-order valence-corrected chi connectivity index (χ3v) is 8.46. The molecule has 0 spiro atoms. The lowest BCUT2D eigenvalue weighted by Gasteiger charge is -2.37. The molecule has 0 saturated carbocycles. The number of imidazole rings is 1. The number of aliphatic hydroxyl groups is 1. The highest BCUT2D eigenvalue weighted by atomic mass is 32.2. The van der Waals surface area contributed by atoms with Gasteiger partial charge in [0.2, 0.25) is 0 Å². The van der Waals surface area contributed by atoms with Gasteiger partial charge in [-0.05, 0) is 49.6 Å². The zero-order chi connectivity index (χ0) is 32.2. The number of sulfone groups is 1. The van der Waals surface area contributed by atoms with E-state index in [1.165, 1.54) is 37.4 Å². The monoisotopic (exact) mass is 635 g/mol. The second-order valence-electron chi connectivity index (χ2n) is 11.1. The Balaban J connectivity index is 1.60. The molecule has 0 unspecified atom stereocenters. The van der Waals surface area contributed by atoms with Crippen LogP contribution in [0.15, 0.2) is 41.6 Å². The van der Waals surface area contributed by atoms with Crippen molar-refractivity contribution in [1.82, 2.24) is 19.8 Å². The number of piperidine rings is 1. The van der Waals surface area contributed by atoms with Gasteiger partial charge in [-0.25, -0.2) is 13.4 Å². The smallest absolute Gasteiger partial charge is 0.406 e. The van der Waals surface area contributed by atoms with Crippen LogP contribution in [0.2, 0.25) is 0 Å². The van der Waals surface area contributed by atoms with Crippen LogP contribution < -0.4 is 15.4 Å². The van der Waals surface area contributed by atoms with Crippen LogP contribution >= 0.6 is 0 Å². The number of nitrogens with zero attached hydrogens (tertiary/aromatic N) is 3. The molecule has 44 heavy (non-hydrogen) atoms. The normalized spacial score (nSPS) is 18.4. The average Bonchev–Trinajstić information content (AvgIpc) is 3.32. The largest absolute Gasteiger partial charge is 0.495 e. The van der Waals surface area contributed by atoms with Gasteiger partial charge < -0.3 is 29.9 Å². The Morgan fingerprint density at radius 3 is 2.66 bits per heavy atom. The second kappa shape index (κ2) is 13.5. The first-order valence-corrected chi connectivity index (χ1v) is 15.9. The number of alkyl halides is 3. The summed E-state index contributed by atoms with van der Waals surface area (Å²) in [4.78, 5) is 19.9.